The second-order valence-electron chi connectivity index (χ2n) is 5.86. The fourth-order valence-electron chi connectivity index (χ4n) is 2.82. The number of nitrogens with one attached hydrogen (secondary N) is 1. The van der Waals surface area contributed by atoms with Crippen LogP contribution in [0.25, 0.3) is 0 Å². The Morgan fingerprint density at radius 2 is 1.71 bits per heavy atom. The summed E-state index contributed by atoms with van der Waals surface area (Å²) in [5.74, 6) is -0.272. The molecule has 24 heavy (non-hydrogen) atoms. The number of carbonyl (C=O) groups excluding carboxylic acids is 1. The number of rotatable bonds is 5. The van der Waals surface area contributed by atoms with E-state index in [9.17, 15) is 9.90 Å². The van der Waals surface area contributed by atoms with Crippen LogP contribution in [-0.2, 0) is 17.8 Å². The Balaban J connectivity index is 1.64. The number of phenolic OH excluding ortho intramolecular Hbond substituents is 1. The number of para-hydroxylation sites is 1. The molecule has 1 heterocycles. The Hall–Kier alpha value is -2.37. The number of ether oxygens (including phenoxy) is 1. The van der Waals surface area contributed by atoms with Gasteiger partial charge in [0, 0.05) is 26.2 Å². The molecule has 0 aliphatic carbocycles. The van der Waals surface area contributed by atoms with Gasteiger partial charge in [-0.15, -0.1) is 0 Å². The third-order valence-corrected chi connectivity index (χ3v) is 4.20. The van der Waals surface area contributed by atoms with E-state index in [-0.39, 0.29) is 11.7 Å². The van der Waals surface area contributed by atoms with Gasteiger partial charge in [0.15, 0.2) is 0 Å². The van der Waals surface area contributed by atoms with Crippen molar-refractivity contribution in [3.63, 3.8) is 0 Å². The molecule has 1 aliphatic heterocycles. The number of nitrogens with zero attached hydrogens (tertiary/aromatic N) is 1. The summed E-state index contributed by atoms with van der Waals surface area (Å²) in [5.41, 5.74) is 2.59. The summed E-state index contributed by atoms with van der Waals surface area (Å²) in [7, 11) is 0. The molecule has 0 atom stereocenters. The number of phenols is 1. The Bertz CT molecular complexity index is 697. The minimum absolute atomic E-state index is 0.00315. The quantitative estimate of drug-likeness (QED) is 0.884. The number of hydrogen-bond donors (Lipinski definition) is 2. The fraction of sp³-hybridized carbons (Fsp3) is 0.316. The Labute approximate surface area is 141 Å². The van der Waals surface area contributed by atoms with Crippen molar-refractivity contribution in [3.05, 3.63) is 65.2 Å². The Morgan fingerprint density at radius 3 is 2.46 bits per heavy atom. The number of amides is 1. The smallest absolute Gasteiger partial charge is 0.255 e. The van der Waals surface area contributed by atoms with Gasteiger partial charge in [0.2, 0.25) is 0 Å². The van der Waals surface area contributed by atoms with Gasteiger partial charge in [-0.3, -0.25) is 9.69 Å². The van der Waals surface area contributed by atoms with Gasteiger partial charge in [-0.2, -0.15) is 0 Å². The monoisotopic (exact) mass is 326 g/mol. The van der Waals surface area contributed by atoms with Crippen LogP contribution in [0, 0.1) is 0 Å². The van der Waals surface area contributed by atoms with E-state index in [0.29, 0.717) is 12.1 Å². The van der Waals surface area contributed by atoms with Crippen molar-refractivity contribution in [3.8, 4) is 5.75 Å². The lowest BCUT2D eigenvalue weighted by Gasteiger charge is -2.27. The summed E-state index contributed by atoms with van der Waals surface area (Å²) in [6.45, 7) is 4.69. The largest absolute Gasteiger partial charge is 0.507 e. The Morgan fingerprint density at radius 1 is 1.04 bits per heavy atom. The first-order valence-corrected chi connectivity index (χ1v) is 8.17. The van der Waals surface area contributed by atoms with Gasteiger partial charge >= 0.3 is 0 Å². The summed E-state index contributed by atoms with van der Waals surface area (Å²) in [6.07, 6.45) is 0. The highest BCUT2D eigenvalue weighted by atomic mass is 16.5. The summed E-state index contributed by atoms with van der Waals surface area (Å²) >= 11 is 0. The molecular formula is C19H22N2O3. The molecule has 1 fully saturated rings. The van der Waals surface area contributed by atoms with E-state index in [2.05, 4.69) is 16.3 Å². The molecule has 5 nitrogen and oxygen atoms in total. The van der Waals surface area contributed by atoms with E-state index >= 15 is 0 Å². The number of carbonyl (C=O) groups is 1. The first-order chi connectivity index (χ1) is 11.7. The molecule has 2 N–H and O–H groups in total. The van der Waals surface area contributed by atoms with E-state index in [4.69, 9.17) is 4.74 Å². The summed E-state index contributed by atoms with van der Waals surface area (Å²) in [6, 6.07) is 14.7. The van der Waals surface area contributed by atoms with Crippen LogP contribution in [0.2, 0.25) is 0 Å². The SMILES string of the molecule is O=C(NCc1ccccc1CN1CCOCC1)c1ccccc1O. The van der Waals surface area contributed by atoms with Crippen molar-refractivity contribution in [1.82, 2.24) is 10.2 Å². The number of aromatic hydroxyl groups is 1. The molecule has 5 heteroatoms. The summed E-state index contributed by atoms with van der Waals surface area (Å²) in [4.78, 5) is 14.6. The zero-order chi connectivity index (χ0) is 16.8. The minimum atomic E-state index is -0.269. The van der Waals surface area contributed by atoms with E-state index in [0.717, 1.165) is 38.4 Å². The van der Waals surface area contributed by atoms with Crippen LogP contribution in [0.3, 0.4) is 0 Å². The molecule has 0 bridgehead atoms. The molecule has 3 rings (SSSR count). The second kappa shape index (κ2) is 7.95. The predicted molar refractivity (Wildman–Crippen MR) is 91.8 cm³/mol. The highest BCUT2D eigenvalue weighted by Gasteiger charge is 2.14. The molecule has 2 aromatic rings. The van der Waals surface area contributed by atoms with Crippen molar-refractivity contribution >= 4 is 5.91 Å². The standard InChI is InChI=1S/C19H22N2O3/c22-18-8-4-3-7-17(18)19(23)20-13-15-5-1-2-6-16(15)14-21-9-11-24-12-10-21/h1-8,22H,9-14H2,(H,20,23). The van der Waals surface area contributed by atoms with Crippen LogP contribution < -0.4 is 5.32 Å². The maximum atomic E-state index is 12.2. The molecule has 0 radical (unpaired) electrons. The highest BCUT2D eigenvalue weighted by Crippen LogP contribution is 2.16. The molecule has 2 aromatic carbocycles. The lowest BCUT2D eigenvalue weighted by Crippen LogP contribution is -2.36. The maximum absolute atomic E-state index is 12.2. The van der Waals surface area contributed by atoms with Crippen molar-refractivity contribution in [2.24, 2.45) is 0 Å². The second-order valence-corrected chi connectivity index (χ2v) is 5.86. The maximum Gasteiger partial charge on any atom is 0.255 e. The van der Waals surface area contributed by atoms with Crippen LogP contribution in [0.5, 0.6) is 5.75 Å². The number of hydrogen-bond acceptors (Lipinski definition) is 4. The van der Waals surface area contributed by atoms with Gasteiger partial charge < -0.3 is 15.2 Å². The Kier molecular flexibility index (Phi) is 5.46. The molecule has 1 saturated heterocycles. The van der Waals surface area contributed by atoms with Crippen molar-refractivity contribution in [2.45, 2.75) is 13.1 Å². The predicted octanol–water partition coefficient (Wildman–Crippen LogP) is 2.15. The van der Waals surface area contributed by atoms with Gasteiger partial charge in [0.05, 0.1) is 18.8 Å². The average Bonchev–Trinajstić information content (AvgIpc) is 2.62. The van der Waals surface area contributed by atoms with E-state index in [1.807, 2.05) is 18.2 Å². The van der Waals surface area contributed by atoms with Gasteiger partial charge in [0.1, 0.15) is 5.75 Å². The van der Waals surface area contributed by atoms with Crippen LogP contribution in [0.4, 0.5) is 0 Å². The molecule has 0 aromatic heterocycles. The molecular weight excluding hydrogens is 304 g/mol. The molecule has 126 valence electrons. The zero-order valence-electron chi connectivity index (χ0n) is 13.6. The van der Waals surface area contributed by atoms with E-state index in [1.54, 1.807) is 18.2 Å². The first-order valence-electron chi connectivity index (χ1n) is 8.17. The van der Waals surface area contributed by atoms with Crippen molar-refractivity contribution < 1.29 is 14.6 Å². The highest BCUT2D eigenvalue weighted by molar-refractivity contribution is 5.96. The van der Waals surface area contributed by atoms with E-state index in [1.165, 1.54) is 11.6 Å². The fourth-order valence-corrected chi connectivity index (χ4v) is 2.82. The molecule has 0 spiro atoms. The van der Waals surface area contributed by atoms with Crippen LogP contribution in [0.1, 0.15) is 21.5 Å². The van der Waals surface area contributed by atoms with Gasteiger partial charge in [-0.05, 0) is 23.3 Å². The third kappa shape index (κ3) is 4.13. The average molecular weight is 326 g/mol. The summed E-state index contributed by atoms with van der Waals surface area (Å²) < 4.78 is 5.38. The normalized spacial score (nSPS) is 15.2. The van der Waals surface area contributed by atoms with Gasteiger partial charge in [-0.25, -0.2) is 0 Å². The molecule has 1 aliphatic rings. The van der Waals surface area contributed by atoms with Crippen LogP contribution in [-0.4, -0.2) is 42.2 Å². The summed E-state index contributed by atoms with van der Waals surface area (Å²) in [5, 5.41) is 12.7. The van der Waals surface area contributed by atoms with Crippen molar-refractivity contribution in [1.29, 1.82) is 0 Å². The van der Waals surface area contributed by atoms with E-state index < -0.39 is 0 Å². The molecule has 1 amide bonds. The third-order valence-electron chi connectivity index (χ3n) is 4.20. The molecule has 0 unspecified atom stereocenters. The first kappa shape index (κ1) is 16.5. The van der Waals surface area contributed by atoms with Gasteiger partial charge in [-0.1, -0.05) is 36.4 Å². The topological polar surface area (TPSA) is 61.8 Å². The number of benzene rings is 2. The lowest BCUT2D eigenvalue weighted by molar-refractivity contribution is 0.0340. The van der Waals surface area contributed by atoms with Crippen LogP contribution in [0.15, 0.2) is 48.5 Å². The number of morpholine rings is 1. The van der Waals surface area contributed by atoms with Crippen LogP contribution >= 0.6 is 0 Å². The lowest BCUT2D eigenvalue weighted by atomic mass is 10.1. The van der Waals surface area contributed by atoms with Gasteiger partial charge in [0.25, 0.3) is 5.91 Å². The minimum Gasteiger partial charge on any atom is -0.507 e. The molecule has 0 saturated carbocycles. The zero-order valence-corrected chi connectivity index (χ0v) is 13.6. The van der Waals surface area contributed by atoms with Crippen molar-refractivity contribution in [2.75, 3.05) is 26.3 Å².